The van der Waals surface area contributed by atoms with E-state index >= 15 is 0 Å². The summed E-state index contributed by atoms with van der Waals surface area (Å²) in [7, 11) is 3.60. The van der Waals surface area contributed by atoms with Crippen LogP contribution < -0.4 is 14.5 Å². The maximum absolute atomic E-state index is 13.1. The molecule has 120 valence electrons. The van der Waals surface area contributed by atoms with Crippen LogP contribution in [-0.4, -0.2) is 33.2 Å². The molecule has 5 heteroatoms. The lowest BCUT2D eigenvalue weighted by Gasteiger charge is -2.25. The van der Waals surface area contributed by atoms with Gasteiger partial charge in [-0.2, -0.15) is 0 Å². The zero-order valence-electron chi connectivity index (χ0n) is 13.3. The van der Waals surface area contributed by atoms with Gasteiger partial charge < -0.3 is 14.5 Å². The van der Waals surface area contributed by atoms with Gasteiger partial charge in [0.1, 0.15) is 5.75 Å². The normalized spacial score (nSPS) is 14.2. The van der Waals surface area contributed by atoms with E-state index in [9.17, 15) is 4.79 Å². The summed E-state index contributed by atoms with van der Waals surface area (Å²) < 4.78 is 5.34. The summed E-state index contributed by atoms with van der Waals surface area (Å²) in [4.78, 5) is 17.1. The van der Waals surface area contributed by atoms with Gasteiger partial charge in [0.2, 0.25) is 0 Å². The van der Waals surface area contributed by atoms with Crippen molar-refractivity contribution in [3.63, 3.8) is 0 Å². The molecule has 0 aromatic heterocycles. The fourth-order valence-corrected chi connectivity index (χ4v) is 3.08. The summed E-state index contributed by atoms with van der Waals surface area (Å²) in [5.41, 5.74) is 2.51. The molecule has 0 N–H and O–H groups in total. The van der Waals surface area contributed by atoms with E-state index in [0.29, 0.717) is 22.9 Å². The quantitative estimate of drug-likeness (QED) is 0.838. The number of hydrogen-bond donors (Lipinski definition) is 0. The number of nitrogens with zero attached hydrogens (tertiary/aromatic N) is 2. The molecule has 0 saturated heterocycles. The van der Waals surface area contributed by atoms with Crippen molar-refractivity contribution in [1.82, 2.24) is 0 Å². The van der Waals surface area contributed by atoms with Gasteiger partial charge in [-0.15, -0.1) is 0 Å². The van der Waals surface area contributed by atoms with Crippen LogP contribution in [0.4, 0.5) is 11.4 Å². The summed E-state index contributed by atoms with van der Waals surface area (Å²) in [5, 5.41) is 0.550. The zero-order chi connectivity index (χ0) is 16.4. The monoisotopic (exact) mass is 330 g/mol. The second-order valence-corrected chi connectivity index (χ2v) is 6.00. The number of halogens is 1. The Labute approximate surface area is 141 Å². The van der Waals surface area contributed by atoms with E-state index in [4.69, 9.17) is 16.3 Å². The summed E-state index contributed by atoms with van der Waals surface area (Å²) in [6.45, 7) is 1.59. The lowest BCUT2D eigenvalue weighted by molar-refractivity contribution is 0.0984. The number of carbonyl (C=O) groups is 1. The molecule has 0 fully saturated rings. The van der Waals surface area contributed by atoms with Gasteiger partial charge in [0.15, 0.2) is 0 Å². The molecule has 1 amide bonds. The van der Waals surface area contributed by atoms with Crippen molar-refractivity contribution >= 4 is 28.9 Å². The highest BCUT2D eigenvalue weighted by Gasteiger charge is 2.26. The van der Waals surface area contributed by atoms with Gasteiger partial charge in [-0.3, -0.25) is 4.79 Å². The molecule has 0 atom stereocenters. The van der Waals surface area contributed by atoms with Gasteiger partial charge in [-0.1, -0.05) is 23.7 Å². The molecule has 3 rings (SSSR count). The third-order valence-corrected chi connectivity index (χ3v) is 4.33. The van der Waals surface area contributed by atoms with Crippen molar-refractivity contribution in [3.05, 3.63) is 53.1 Å². The highest BCUT2D eigenvalue weighted by molar-refractivity contribution is 6.31. The molecule has 0 bridgehead atoms. The van der Waals surface area contributed by atoms with Crippen LogP contribution >= 0.6 is 11.6 Å². The molecular weight excluding hydrogens is 312 g/mol. The molecule has 4 nitrogen and oxygen atoms in total. The Morgan fingerprint density at radius 1 is 1.13 bits per heavy atom. The van der Waals surface area contributed by atoms with Crippen molar-refractivity contribution < 1.29 is 9.53 Å². The van der Waals surface area contributed by atoms with Crippen LogP contribution in [0.5, 0.6) is 5.75 Å². The van der Waals surface area contributed by atoms with Crippen molar-refractivity contribution in [2.75, 3.05) is 37.0 Å². The number of amides is 1. The number of anilines is 2. The van der Waals surface area contributed by atoms with Crippen LogP contribution in [0.15, 0.2) is 42.5 Å². The standard InChI is InChI=1S/C18H19ClN2O2/c1-20-10-5-11-21(16-7-4-3-6-15(16)20)18(22)14-9-8-13(19)12-17(14)23-2/h3-4,6-9,12H,5,10-11H2,1-2H3. The molecule has 23 heavy (non-hydrogen) atoms. The second-order valence-electron chi connectivity index (χ2n) is 5.57. The average molecular weight is 331 g/mol. The third kappa shape index (κ3) is 2.99. The molecule has 0 unspecified atom stereocenters. The van der Waals surface area contributed by atoms with Crippen LogP contribution in [0, 0.1) is 0 Å². The van der Waals surface area contributed by atoms with Crippen LogP contribution in [0.2, 0.25) is 5.02 Å². The van der Waals surface area contributed by atoms with Gasteiger partial charge in [0, 0.05) is 25.2 Å². The van der Waals surface area contributed by atoms with E-state index < -0.39 is 0 Å². The average Bonchev–Trinajstić information content (AvgIpc) is 2.74. The number of hydrogen-bond acceptors (Lipinski definition) is 3. The minimum Gasteiger partial charge on any atom is -0.496 e. The Balaban J connectivity index is 2.04. The predicted octanol–water partition coefficient (Wildman–Crippen LogP) is 3.84. The Bertz CT molecular complexity index is 733. The summed E-state index contributed by atoms with van der Waals surface area (Å²) in [6.07, 6.45) is 0.910. The Morgan fingerprint density at radius 2 is 1.87 bits per heavy atom. The lowest BCUT2D eigenvalue weighted by atomic mass is 10.1. The fraction of sp³-hybridized carbons (Fsp3) is 0.278. The first-order chi connectivity index (χ1) is 11.1. The van der Waals surface area contributed by atoms with Gasteiger partial charge in [-0.25, -0.2) is 0 Å². The molecule has 0 spiro atoms. The van der Waals surface area contributed by atoms with E-state index in [0.717, 1.165) is 24.3 Å². The zero-order valence-corrected chi connectivity index (χ0v) is 14.0. The third-order valence-electron chi connectivity index (χ3n) is 4.10. The molecule has 0 saturated carbocycles. The van der Waals surface area contributed by atoms with Crippen molar-refractivity contribution in [2.24, 2.45) is 0 Å². The minimum atomic E-state index is -0.0683. The molecule has 2 aromatic rings. The van der Waals surface area contributed by atoms with E-state index in [1.807, 2.05) is 29.2 Å². The largest absolute Gasteiger partial charge is 0.496 e. The van der Waals surface area contributed by atoms with E-state index in [1.54, 1.807) is 25.3 Å². The lowest BCUT2D eigenvalue weighted by Crippen LogP contribution is -2.31. The smallest absolute Gasteiger partial charge is 0.262 e. The van der Waals surface area contributed by atoms with Gasteiger partial charge in [0.25, 0.3) is 5.91 Å². The molecule has 1 aliphatic rings. The van der Waals surface area contributed by atoms with Crippen LogP contribution in [0.3, 0.4) is 0 Å². The number of carbonyl (C=O) groups excluding carboxylic acids is 1. The Hall–Kier alpha value is -2.20. The number of methoxy groups -OCH3 is 1. The first-order valence-corrected chi connectivity index (χ1v) is 7.95. The van der Waals surface area contributed by atoms with Crippen LogP contribution in [-0.2, 0) is 0 Å². The van der Waals surface area contributed by atoms with Gasteiger partial charge >= 0.3 is 0 Å². The Kier molecular flexibility index (Phi) is 4.44. The van der Waals surface area contributed by atoms with Crippen molar-refractivity contribution in [1.29, 1.82) is 0 Å². The Morgan fingerprint density at radius 3 is 2.61 bits per heavy atom. The van der Waals surface area contributed by atoms with Crippen LogP contribution in [0.25, 0.3) is 0 Å². The SMILES string of the molecule is COc1cc(Cl)ccc1C(=O)N1CCCN(C)c2ccccc21. The van der Waals surface area contributed by atoms with Gasteiger partial charge in [0.05, 0.1) is 24.0 Å². The van der Waals surface area contributed by atoms with E-state index in [2.05, 4.69) is 11.9 Å². The number of rotatable bonds is 2. The molecule has 2 aromatic carbocycles. The molecular formula is C18H19ClN2O2. The summed E-state index contributed by atoms with van der Waals surface area (Å²) >= 11 is 6.00. The molecule has 0 radical (unpaired) electrons. The molecule has 0 aliphatic carbocycles. The first kappa shape index (κ1) is 15.7. The number of benzene rings is 2. The summed E-state index contributed by atoms with van der Waals surface area (Å²) in [6, 6.07) is 13.1. The van der Waals surface area contributed by atoms with E-state index in [1.165, 1.54) is 0 Å². The highest BCUT2D eigenvalue weighted by atomic mass is 35.5. The topological polar surface area (TPSA) is 32.8 Å². The maximum Gasteiger partial charge on any atom is 0.262 e. The maximum atomic E-state index is 13.1. The first-order valence-electron chi connectivity index (χ1n) is 7.57. The highest BCUT2D eigenvalue weighted by Crippen LogP contribution is 2.34. The fourth-order valence-electron chi connectivity index (χ4n) is 2.92. The molecule has 1 aliphatic heterocycles. The number of ether oxygens (including phenoxy) is 1. The van der Waals surface area contributed by atoms with Crippen molar-refractivity contribution in [2.45, 2.75) is 6.42 Å². The number of para-hydroxylation sites is 2. The van der Waals surface area contributed by atoms with Crippen molar-refractivity contribution in [3.8, 4) is 5.75 Å². The predicted molar refractivity (Wildman–Crippen MR) is 94.0 cm³/mol. The van der Waals surface area contributed by atoms with Gasteiger partial charge in [-0.05, 0) is 36.8 Å². The minimum absolute atomic E-state index is 0.0683. The van der Waals surface area contributed by atoms with Crippen LogP contribution in [0.1, 0.15) is 16.8 Å². The summed E-state index contributed by atoms with van der Waals surface area (Å²) in [5.74, 6) is 0.429. The molecule has 1 heterocycles. The number of fused-ring (bicyclic) bond motifs is 1. The van der Waals surface area contributed by atoms with E-state index in [-0.39, 0.29) is 5.91 Å². The second kappa shape index (κ2) is 6.50.